The second-order valence-corrected chi connectivity index (χ2v) is 6.46. The fraction of sp³-hybridized carbons (Fsp3) is 0.286. The van der Waals surface area contributed by atoms with E-state index in [-0.39, 0.29) is 0 Å². The number of hydrogen-bond acceptors (Lipinski definition) is 5. The Morgan fingerprint density at radius 3 is 2.44 bits per heavy atom. The lowest BCUT2D eigenvalue weighted by molar-refractivity contribution is -0.123. The summed E-state index contributed by atoms with van der Waals surface area (Å²) in [7, 11) is 0. The topological polar surface area (TPSA) is 88.4 Å². The number of carbonyl (C=O) groups is 2. The molecule has 1 amide bonds. The van der Waals surface area contributed by atoms with Gasteiger partial charge in [-0.25, -0.2) is 4.79 Å². The Kier molecular flexibility index (Phi) is 6.95. The Bertz CT molecular complexity index is 838. The smallest absolute Gasteiger partial charge is 0.338 e. The molecule has 0 bridgehead atoms. The highest BCUT2D eigenvalue weighted by molar-refractivity contribution is 5.97. The van der Waals surface area contributed by atoms with E-state index in [1.165, 1.54) is 6.92 Å². The highest BCUT2D eigenvalue weighted by Crippen LogP contribution is 2.15. The quantitative estimate of drug-likeness (QED) is 0.754. The molecule has 0 saturated carbocycles. The second-order valence-electron chi connectivity index (χ2n) is 6.46. The Labute approximate surface area is 158 Å². The van der Waals surface area contributed by atoms with Crippen LogP contribution in [-0.2, 0) is 9.53 Å². The van der Waals surface area contributed by atoms with Crippen LogP contribution in [0.15, 0.2) is 48.5 Å². The van der Waals surface area contributed by atoms with Gasteiger partial charge in [-0.2, -0.15) is 5.26 Å². The number of anilines is 1. The Hall–Kier alpha value is -3.33. The van der Waals surface area contributed by atoms with Gasteiger partial charge in [0.1, 0.15) is 5.75 Å². The van der Waals surface area contributed by atoms with Crippen LogP contribution in [0.25, 0.3) is 0 Å². The third-order valence-electron chi connectivity index (χ3n) is 3.59. The Balaban J connectivity index is 1.92. The number of rotatable bonds is 7. The van der Waals surface area contributed by atoms with Gasteiger partial charge in [0.05, 0.1) is 23.8 Å². The number of carbonyl (C=O) groups excluding carboxylic acids is 2. The van der Waals surface area contributed by atoms with E-state index in [1.54, 1.807) is 48.5 Å². The van der Waals surface area contributed by atoms with Crippen molar-refractivity contribution in [2.45, 2.75) is 26.9 Å². The van der Waals surface area contributed by atoms with E-state index in [9.17, 15) is 9.59 Å². The van der Waals surface area contributed by atoms with E-state index in [0.717, 1.165) is 0 Å². The molecule has 1 atom stereocenters. The van der Waals surface area contributed by atoms with E-state index >= 15 is 0 Å². The maximum Gasteiger partial charge on any atom is 0.338 e. The molecule has 1 N–H and O–H groups in total. The Morgan fingerprint density at radius 2 is 1.81 bits per heavy atom. The summed E-state index contributed by atoms with van der Waals surface area (Å²) in [4.78, 5) is 24.4. The molecule has 2 aromatic rings. The van der Waals surface area contributed by atoms with Crippen molar-refractivity contribution in [1.29, 1.82) is 5.26 Å². The van der Waals surface area contributed by atoms with Crippen LogP contribution in [0.3, 0.4) is 0 Å². The number of benzene rings is 2. The molecule has 0 spiro atoms. The van der Waals surface area contributed by atoms with E-state index < -0.39 is 18.0 Å². The summed E-state index contributed by atoms with van der Waals surface area (Å²) in [5, 5.41) is 11.5. The zero-order chi connectivity index (χ0) is 19.8. The van der Waals surface area contributed by atoms with Gasteiger partial charge in [0.25, 0.3) is 5.91 Å². The van der Waals surface area contributed by atoms with Crippen LogP contribution < -0.4 is 10.1 Å². The summed E-state index contributed by atoms with van der Waals surface area (Å²) in [6, 6.07) is 15.1. The van der Waals surface area contributed by atoms with Crippen LogP contribution in [0.5, 0.6) is 5.75 Å². The first-order valence-corrected chi connectivity index (χ1v) is 8.64. The minimum absolute atomic E-state index is 0.332. The highest BCUT2D eigenvalue weighted by Gasteiger charge is 2.19. The minimum atomic E-state index is -0.986. The SMILES string of the molecule is CC(C)COc1ccc(C(=O)OC(C)C(=O)Nc2cccc(C#N)c2)cc1. The number of amides is 1. The zero-order valence-corrected chi connectivity index (χ0v) is 15.6. The van der Waals surface area contributed by atoms with Gasteiger partial charge in [0.2, 0.25) is 0 Å². The zero-order valence-electron chi connectivity index (χ0n) is 15.6. The molecule has 0 aliphatic rings. The first-order valence-electron chi connectivity index (χ1n) is 8.64. The lowest BCUT2D eigenvalue weighted by Gasteiger charge is -2.14. The Morgan fingerprint density at radius 1 is 1.11 bits per heavy atom. The summed E-state index contributed by atoms with van der Waals surface area (Å²) in [6.45, 7) is 6.18. The summed E-state index contributed by atoms with van der Waals surface area (Å²) in [5.74, 6) is 0.000403. The van der Waals surface area contributed by atoms with Crippen LogP contribution in [0.1, 0.15) is 36.7 Å². The predicted molar refractivity (Wildman–Crippen MR) is 101 cm³/mol. The van der Waals surface area contributed by atoms with Crippen LogP contribution in [0.2, 0.25) is 0 Å². The van der Waals surface area contributed by atoms with Gasteiger partial charge in [-0.05, 0) is 55.3 Å². The minimum Gasteiger partial charge on any atom is -0.493 e. The first-order chi connectivity index (χ1) is 12.9. The molecule has 0 radical (unpaired) electrons. The van der Waals surface area contributed by atoms with Crippen molar-refractivity contribution in [2.24, 2.45) is 5.92 Å². The maximum atomic E-state index is 12.2. The van der Waals surface area contributed by atoms with Gasteiger partial charge in [-0.1, -0.05) is 19.9 Å². The molecule has 6 nitrogen and oxygen atoms in total. The number of nitriles is 1. The van der Waals surface area contributed by atoms with Crippen LogP contribution in [-0.4, -0.2) is 24.6 Å². The first kappa shape index (κ1) is 20.0. The molecule has 2 rings (SSSR count). The summed E-state index contributed by atoms with van der Waals surface area (Å²) >= 11 is 0. The third-order valence-corrected chi connectivity index (χ3v) is 3.59. The van der Waals surface area contributed by atoms with E-state index in [2.05, 4.69) is 19.2 Å². The molecular weight excluding hydrogens is 344 g/mol. The van der Waals surface area contributed by atoms with Crippen molar-refractivity contribution >= 4 is 17.6 Å². The summed E-state index contributed by atoms with van der Waals surface area (Å²) in [5.41, 5.74) is 1.23. The highest BCUT2D eigenvalue weighted by atomic mass is 16.5. The summed E-state index contributed by atoms with van der Waals surface area (Å²) in [6.07, 6.45) is -0.986. The normalized spacial score (nSPS) is 11.4. The number of nitrogens with zero attached hydrogens (tertiary/aromatic N) is 1. The number of nitrogens with one attached hydrogen (secondary N) is 1. The monoisotopic (exact) mass is 366 g/mol. The lowest BCUT2D eigenvalue weighted by Crippen LogP contribution is -2.30. The molecule has 0 aromatic heterocycles. The van der Waals surface area contributed by atoms with Gasteiger partial charge in [-0.15, -0.1) is 0 Å². The second kappa shape index (κ2) is 9.39. The van der Waals surface area contributed by atoms with Gasteiger partial charge in [0, 0.05) is 5.69 Å². The largest absolute Gasteiger partial charge is 0.493 e. The van der Waals surface area contributed by atoms with Crippen LogP contribution in [0, 0.1) is 17.2 Å². The number of ether oxygens (including phenoxy) is 2. The van der Waals surface area contributed by atoms with Crippen molar-refractivity contribution in [3.63, 3.8) is 0 Å². The predicted octanol–water partition coefficient (Wildman–Crippen LogP) is 3.78. The average molecular weight is 366 g/mol. The third kappa shape index (κ3) is 6.15. The average Bonchev–Trinajstić information content (AvgIpc) is 2.66. The van der Waals surface area contributed by atoms with Crippen LogP contribution in [0.4, 0.5) is 5.69 Å². The van der Waals surface area contributed by atoms with Gasteiger partial charge in [-0.3, -0.25) is 4.79 Å². The standard InChI is InChI=1S/C21H22N2O4/c1-14(2)13-26-19-9-7-17(8-10-19)21(25)27-15(3)20(24)23-18-6-4-5-16(11-18)12-22/h4-11,14-15H,13H2,1-3H3,(H,23,24). The van der Waals surface area contributed by atoms with Gasteiger partial charge < -0.3 is 14.8 Å². The fourth-order valence-electron chi connectivity index (χ4n) is 2.14. The van der Waals surface area contributed by atoms with E-state index in [1.807, 2.05) is 6.07 Å². The molecule has 140 valence electrons. The van der Waals surface area contributed by atoms with Gasteiger partial charge in [0.15, 0.2) is 6.10 Å². The van der Waals surface area contributed by atoms with E-state index in [4.69, 9.17) is 14.7 Å². The van der Waals surface area contributed by atoms with Crippen molar-refractivity contribution < 1.29 is 19.1 Å². The molecule has 0 aliphatic heterocycles. The fourth-order valence-corrected chi connectivity index (χ4v) is 2.14. The molecule has 0 fully saturated rings. The molecule has 6 heteroatoms. The maximum absolute atomic E-state index is 12.2. The molecule has 0 saturated heterocycles. The lowest BCUT2D eigenvalue weighted by atomic mass is 10.2. The molecular formula is C21H22N2O4. The van der Waals surface area contributed by atoms with Crippen molar-refractivity contribution in [1.82, 2.24) is 0 Å². The molecule has 1 unspecified atom stereocenters. The molecule has 0 aliphatic carbocycles. The number of hydrogen-bond donors (Lipinski definition) is 1. The van der Waals surface area contributed by atoms with E-state index in [0.29, 0.717) is 35.1 Å². The van der Waals surface area contributed by atoms with Crippen molar-refractivity contribution in [2.75, 3.05) is 11.9 Å². The van der Waals surface area contributed by atoms with Gasteiger partial charge >= 0.3 is 5.97 Å². The molecule has 2 aromatic carbocycles. The number of esters is 1. The van der Waals surface area contributed by atoms with Crippen molar-refractivity contribution in [3.05, 3.63) is 59.7 Å². The van der Waals surface area contributed by atoms with Crippen molar-refractivity contribution in [3.8, 4) is 11.8 Å². The molecule has 27 heavy (non-hydrogen) atoms. The summed E-state index contributed by atoms with van der Waals surface area (Å²) < 4.78 is 10.8. The molecule has 0 heterocycles. The van der Waals surface area contributed by atoms with Crippen LogP contribution >= 0.6 is 0 Å².